The summed E-state index contributed by atoms with van der Waals surface area (Å²) < 4.78 is 39.4. The molecule has 144 valence electrons. The van der Waals surface area contributed by atoms with E-state index in [0.29, 0.717) is 5.69 Å². The zero-order valence-corrected chi connectivity index (χ0v) is 15.0. The highest BCUT2D eigenvalue weighted by molar-refractivity contribution is 6.33. The molecule has 0 fully saturated rings. The summed E-state index contributed by atoms with van der Waals surface area (Å²) in [5.41, 5.74) is -0.449. The number of hydrogen-bond acceptors (Lipinski definition) is 3. The molecule has 0 aliphatic heterocycles. The minimum absolute atomic E-state index is 0.0558. The number of benzene rings is 2. The highest BCUT2D eigenvalue weighted by Gasteiger charge is 2.31. The van der Waals surface area contributed by atoms with Crippen molar-refractivity contribution < 1.29 is 18.0 Å². The number of anilines is 1. The fourth-order valence-corrected chi connectivity index (χ4v) is 2.61. The molecule has 2 aromatic carbocycles. The van der Waals surface area contributed by atoms with Gasteiger partial charge in [0.05, 0.1) is 22.0 Å². The summed E-state index contributed by atoms with van der Waals surface area (Å²) in [4.78, 5) is 24.2. The van der Waals surface area contributed by atoms with Crippen LogP contribution in [0.5, 0.6) is 0 Å². The van der Waals surface area contributed by atoms with Crippen molar-refractivity contribution in [1.82, 2.24) is 9.78 Å². The first kappa shape index (κ1) is 19.6. The predicted octanol–water partition coefficient (Wildman–Crippen LogP) is 4.22. The second kappa shape index (κ2) is 7.85. The molecule has 0 radical (unpaired) electrons. The van der Waals surface area contributed by atoms with Crippen LogP contribution in [-0.2, 0) is 17.5 Å². The highest BCUT2D eigenvalue weighted by atomic mass is 35.5. The number of rotatable bonds is 4. The first-order chi connectivity index (χ1) is 13.2. The van der Waals surface area contributed by atoms with Crippen LogP contribution >= 0.6 is 11.6 Å². The van der Waals surface area contributed by atoms with Crippen molar-refractivity contribution in [3.05, 3.63) is 81.6 Å². The zero-order valence-electron chi connectivity index (χ0n) is 14.2. The maximum absolute atomic E-state index is 12.8. The number of alkyl halides is 3. The van der Waals surface area contributed by atoms with E-state index in [0.717, 1.165) is 28.4 Å². The molecule has 1 N–H and O–H groups in total. The van der Waals surface area contributed by atoms with E-state index < -0.39 is 29.8 Å². The molecule has 0 aliphatic carbocycles. The predicted molar refractivity (Wildman–Crippen MR) is 99.0 cm³/mol. The van der Waals surface area contributed by atoms with Crippen molar-refractivity contribution in [3.63, 3.8) is 0 Å². The Morgan fingerprint density at radius 3 is 2.46 bits per heavy atom. The molecular weight excluding hydrogens is 395 g/mol. The summed E-state index contributed by atoms with van der Waals surface area (Å²) in [5, 5.41) is 6.36. The van der Waals surface area contributed by atoms with Crippen LogP contribution in [-0.4, -0.2) is 15.7 Å². The van der Waals surface area contributed by atoms with Crippen LogP contribution in [0.4, 0.5) is 18.9 Å². The van der Waals surface area contributed by atoms with E-state index in [4.69, 9.17) is 11.6 Å². The number of amides is 1. The van der Waals surface area contributed by atoms with E-state index in [1.807, 2.05) is 6.07 Å². The maximum Gasteiger partial charge on any atom is 0.416 e. The molecule has 0 unspecified atom stereocenters. The topological polar surface area (TPSA) is 64.0 Å². The molecule has 0 aliphatic rings. The lowest BCUT2D eigenvalue weighted by atomic mass is 10.1. The van der Waals surface area contributed by atoms with E-state index in [1.54, 1.807) is 24.3 Å². The second-order valence-corrected chi connectivity index (χ2v) is 6.23. The van der Waals surface area contributed by atoms with Gasteiger partial charge in [0.15, 0.2) is 0 Å². The van der Waals surface area contributed by atoms with Gasteiger partial charge in [-0.05, 0) is 24.3 Å². The second-order valence-electron chi connectivity index (χ2n) is 5.82. The molecule has 1 heterocycles. The SMILES string of the molecule is O=C(Cn1nc(-c2ccccc2)ccc1=O)Nc1cc(C(F)(F)F)ccc1Cl. The number of hydrogen-bond donors (Lipinski definition) is 1. The van der Waals surface area contributed by atoms with Crippen LogP contribution in [0, 0.1) is 0 Å². The van der Waals surface area contributed by atoms with Crippen LogP contribution in [0.3, 0.4) is 0 Å². The zero-order chi connectivity index (χ0) is 20.3. The standard InChI is InChI=1S/C19H13ClF3N3O2/c20-14-7-6-13(19(21,22)23)10-16(14)24-17(27)11-26-18(28)9-8-15(25-26)12-4-2-1-3-5-12/h1-10H,11H2,(H,24,27). The molecule has 5 nitrogen and oxygen atoms in total. The van der Waals surface area contributed by atoms with E-state index in [-0.39, 0.29) is 10.7 Å². The maximum atomic E-state index is 12.8. The van der Waals surface area contributed by atoms with Crippen molar-refractivity contribution in [1.29, 1.82) is 0 Å². The Kier molecular flexibility index (Phi) is 5.51. The fourth-order valence-electron chi connectivity index (χ4n) is 2.45. The van der Waals surface area contributed by atoms with Crippen LogP contribution in [0.1, 0.15) is 5.56 Å². The quantitative estimate of drug-likeness (QED) is 0.704. The van der Waals surface area contributed by atoms with Gasteiger partial charge in [-0.25, -0.2) is 4.68 Å². The highest BCUT2D eigenvalue weighted by Crippen LogP contribution is 2.33. The van der Waals surface area contributed by atoms with E-state index >= 15 is 0 Å². The van der Waals surface area contributed by atoms with Crippen molar-refractivity contribution in [2.45, 2.75) is 12.7 Å². The van der Waals surface area contributed by atoms with Gasteiger partial charge in [-0.15, -0.1) is 0 Å². The molecule has 28 heavy (non-hydrogen) atoms. The number of nitrogens with zero attached hydrogens (tertiary/aromatic N) is 2. The molecule has 0 atom stereocenters. The van der Waals surface area contributed by atoms with Crippen molar-refractivity contribution in [2.75, 3.05) is 5.32 Å². The molecule has 0 spiro atoms. The van der Waals surface area contributed by atoms with E-state index in [9.17, 15) is 22.8 Å². The van der Waals surface area contributed by atoms with Gasteiger partial charge in [0.1, 0.15) is 6.54 Å². The summed E-state index contributed by atoms with van der Waals surface area (Å²) >= 11 is 5.86. The monoisotopic (exact) mass is 407 g/mol. The van der Waals surface area contributed by atoms with Gasteiger partial charge in [0, 0.05) is 11.6 Å². The fraction of sp³-hybridized carbons (Fsp3) is 0.105. The molecule has 0 saturated heterocycles. The van der Waals surface area contributed by atoms with Crippen molar-refractivity contribution in [3.8, 4) is 11.3 Å². The molecule has 0 bridgehead atoms. The summed E-state index contributed by atoms with van der Waals surface area (Å²) in [6.45, 7) is -0.480. The number of halogens is 4. The normalized spacial score (nSPS) is 11.3. The van der Waals surface area contributed by atoms with Gasteiger partial charge < -0.3 is 5.32 Å². The Morgan fingerprint density at radius 2 is 1.79 bits per heavy atom. The molecule has 9 heteroatoms. The average Bonchev–Trinajstić information content (AvgIpc) is 2.65. The van der Waals surface area contributed by atoms with Crippen LogP contribution in [0.15, 0.2) is 65.5 Å². The van der Waals surface area contributed by atoms with Crippen LogP contribution in [0.2, 0.25) is 5.02 Å². The molecule has 1 amide bonds. The third-order valence-electron chi connectivity index (χ3n) is 3.80. The largest absolute Gasteiger partial charge is 0.416 e. The minimum atomic E-state index is -4.58. The first-order valence-electron chi connectivity index (χ1n) is 8.04. The number of nitrogens with one attached hydrogen (secondary N) is 1. The summed E-state index contributed by atoms with van der Waals surface area (Å²) in [7, 11) is 0. The third kappa shape index (κ3) is 4.58. The van der Waals surface area contributed by atoms with Crippen LogP contribution in [0.25, 0.3) is 11.3 Å². The Morgan fingerprint density at radius 1 is 1.07 bits per heavy atom. The van der Waals surface area contributed by atoms with Gasteiger partial charge in [-0.3, -0.25) is 9.59 Å². The smallest absolute Gasteiger partial charge is 0.323 e. The lowest BCUT2D eigenvalue weighted by molar-refractivity contribution is -0.137. The Balaban J connectivity index is 1.82. The molecular formula is C19H13ClF3N3O2. The third-order valence-corrected chi connectivity index (χ3v) is 4.13. The summed E-state index contributed by atoms with van der Waals surface area (Å²) in [6, 6.07) is 14.4. The lowest BCUT2D eigenvalue weighted by Gasteiger charge is -2.12. The Hall–Kier alpha value is -3.13. The summed E-state index contributed by atoms with van der Waals surface area (Å²) in [6.07, 6.45) is -4.58. The molecule has 0 saturated carbocycles. The average molecular weight is 408 g/mol. The molecule has 3 rings (SSSR count). The van der Waals surface area contributed by atoms with Gasteiger partial charge in [-0.2, -0.15) is 18.3 Å². The van der Waals surface area contributed by atoms with Gasteiger partial charge in [0.25, 0.3) is 5.56 Å². The van der Waals surface area contributed by atoms with Crippen molar-refractivity contribution in [2.24, 2.45) is 0 Å². The van der Waals surface area contributed by atoms with Crippen molar-refractivity contribution >= 4 is 23.2 Å². The Labute approximate surface area is 162 Å². The summed E-state index contributed by atoms with van der Waals surface area (Å²) in [5.74, 6) is -0.735. The lowest BCUT2D eigenvalue weighted by Crippen LogP contribution is -2.29. The van der Waals surface area contributed by atoms with E-state index in [1.165, 1.54) is 12.1 Å². The molecule has 1 aromatic heterocycles. The van der Waals surface area contributed by atoms with Crippen LogP contribution < -0.4 is 10.9 Å². The van der Waals surface area contributed by atoms with Gasteiger partial charge in [0.2, 0.25) is 5.91 Å². The first-order valence-corrected chi connectivity index (χ1v) is 8.42. The molecule has 3 aromatic rings. The Bertz CT molecular complexity index is 1070. The van der Waals surface area contributed by atoms with Gasteiger partial charge in [-0.1, -0.05) is 41.9 Å². The van der Waals surface area contributed by atoms with Gasteiger partial charge >= 0.3 is 6.18 Å². The number of aromatic nitrogens is 2. The number of carbonyl (C=O) groups excluding carboxylic acids is 1. The minimum Gasteiger partial charge on any atom is -0.323 e. The van der Waals surface area contributed by atoms with E-state index in [2.05, 4.69) is 10.4 Å². The number of carbonyl (C=O) groups is 1.